The maximum Gasteiger partial charge on any atom is 0.410 e. The van der Waals surface area contributed by atoms with Gasteiger partial charge in [0.15, 0.2) is 11.6 Å². The van der Waals surface area contributed by atoms with Crippen LogP contribution in [0.5, 0.6) is 5.75 Å². The SMILES string of the molecule is COc1ccc(CN(CCCC2CN(C(=O)OC(C)(C)C)CCO2)c2ccc(C#N)cc2)cc1F. The lowest BCUT2D eigenvalue weighted by Gasteiger charge is -2.34. The normalized spacial score (nSPS) is 15.9. The van der Waals surface area contributed by atoms with E-state index in [2.05, 4.69) is 11.0 Å². The first-order valence-electron chi connectivity index (χ1n) is 11.9. The molecule has 1 unspecified atom stereocenters. The maximum atomic E-state index is 14.3. The number of nitrogens with zero attached hydrogens (tertiary/aromatic N) is 3. The molecule has 35 heavy (non-hydrogen) atoms. The molecule has 1 aliphatic heterocycles. The molecule has 188 valence electrons. The van der Waals surface area contributed by atoms with Gasteiger partial charge in [-0.2, -0.15) is 5.26 Å². The first-order chi connectivity index (χ1) is 16.7. The minimum atomic E-state index is -0.534. The van der Waals surface area contributed by atoms with E-state index >= 15 is 0 Å². The van der Waals surface area contributed by atoms with Crippen LogP contribution in [0, 0.1) is 17.1 Å². The van der Waals surface area contributed by atoms with E-state index in [0.717, 1.165) is 24.1 Å². The molecule has 1 heterocycles. The largest absolute Gasteiger partial charge is 0.494 e. The molecule has 2 aromatic rings. The van der Waals surface area contributed by atoms with Crippen molar-refractivity contribution in [2.45, 2.75) is 51.9 Å². The fraction of sp³-hybridized carbons (Fsp3) is 0.481. The molecule has 1 amide bonds. The van der Waals surface area contributed by atoms with Crippen LogP contribution >= 0.6 is 0 Å². The first kappa shape index (κ1) is 26.3. The van der Waals surface area contributed by atoms with Gasteiger partial charge in [0.25, 0.3) is 0 Å². The number of benzene rings is 2. The summed E-state index contributed by atoms with van der Waals surface area (Å²) < 4.78 is 30.7. The number of morpholine rings is 1. The average molecular weight is 484 g/mol. The highest BCUT2D eigenvalue weighted by Gasteiger charge is 2.28. The van der Waals surface area contributed by atoms with Crippen molar-refractivity contribution < 1.29 is 23.4 Å². The fourth-order valence-corrected chi connectivity index (χ4v) is 3.97. The molecule has 0 aliphatic carbocycles. The van der Waals surface area contributed by atoms with Crippen LogP contribution in [0.1, 0.15) is 44.7 Å². The van der Waals surface area contributed by atoms with E-state index in [1.165, 1.54) is 13.2 Å². The van der Waals surface area contributed by atoms with Crippen LogP contribution in [0.3, 0.4) is 0 Å². The number of methoxy groups -OCH3 is 1. The lowest BCUT2D eigenvalue weighted by atomic mass is 10.1. The predicted octanol–water partition coefficient (Wildman–Crippen LogP) is 5.13. The Bertz CT molecular complexity index is 1030. The van der Waals surface area contributed by atoms with Gasteiger partial charge in [0.2, 0.25) is 0 Å². The van der Waals surface area contributed by atoms with Crippen molar-refractivity contribution in [2.75, 3.05) is 38.3 Å². The third-order valence-corrected chi connectivity index (χ3v) is 5.70. The van der Waals surface area contributed by atoms with Crippen molar-refractivity contribution in [3.63, 3.8) is 0 Å². The summed E-state index contributed by atoms with van der Waals surface area (Å²) in [4.78, 5) is 16.3. The zero-order chi connectivity index (χ0) is 25.4. The van der Waals surface area contributed by atoms with Gasteiger partial charge in [-0.3, -0.25) is 0 Å². The number of amides is 1. The Balaban J connectivity index is 1.63. The van der Waals surface area contributed by atoms with E-state index < -0.39 is 11.4 Å². The maximum absolute atomic E-state index is 14.3. The van der Waals surface area contributed by atoms with Crippen LogP contribution < -0.4 is 9.64 Å². The number of hydrogen-bond acceptors (Lipinski definition) is 6. The summed E-state index contributed by atoms with van der Waals surface area (Å²) in [6.07, 6.45) is 1.19. The molecular formula is C27H34FN3O4. The van der Waals surface area contributed by atoms with E-state index in [0.29, 0.717) is 38.3 Å². The molecule has 0 aromatic heterocycles. The van der Waals surface area contributed by atoms with E-state index in [9.17, 15) is 9.18 Å². The molecule has 0 bridgehead atoms. The minimum Gasteiger partial charge on any atom is -0.494 e. The number of carbonyl (C=O) groups is 1. The van der Waals surface area contributed by atoms with Crippen molar-refractivity contribution in [1.29, 1.82) is 5.26 Å². The Morgan fingerprint density at radius 2 is 2.00 bits per heavy atom. The lowest BCUT2D eigenvalue weighted by Crippen LogP contribution is -2.47. The van der Waals surface area contributed by atoms with Gasteiger partial charge in [-0.15, -0.1) is 0 Å². The summed E-state index contributed by atoms with van der Waals surface area (Å²) in [6, 6.07) is 14.5. The summed E-state index contributed by atoms with van der Waals surface area (Å²) in [6.45, 7) is 8.27. The number of halogens is 1. The quantitative estimate of drug-likeness (QED) is 0.518. The second-order valence-electron chi connectivity index (χ2n) is 9.61. The molecule has 1 saturated heterocycles. The van der Waals surface area contributed by atoms with Crippen molar-refractivity contribution in [3.05, 3.63) is 59.4 Å². The van der Waals surface area contributed by atoms with Crippen molar-refractivity contribution in [3.8, 4) is 11.8 Å². The van der Waals surface area contributed by atoms with E-state index in [1.54, 1.807) is 23.1 Å². The number of ether oxygens (including phenoxy) is 3. The van der Waals surface area contributed by atoms with Crippen molar-refractivity contribution in [2.24, 2.45) is 0 Å². The van der Waals surface area contributed by atoms with Gasteiger partial charge in [-0.1, -0.05) is 6.07 Å². The number of anilines is 1. The Kier molecular flexibility index (Phi) is 8.94. The van der Waals surface area contributed by atoms with Gasteiger partial charge in [0.05, 0.1) is 38.0 Å². The Morgan fingerprint density at radius 3 is 2.63 bits per heavy atom. The van der Waals surface area contributed by atoms with Crippen LogP contribution in [0.4, 0.5) is 14.9 Å². The highest BCUT2D eigenvalue weighted by molar-refractivity contribution is 5.68. The molecule has 1 fully saturated rings. The third-order valence-electron chi connectivity index (χ3n) is 5.70. The second-order valence-corrected chi connectivity index (χ2v) is 9.61. The topological polar surface area (TPSA) is 75.0 Å². The third kappa shape index (κ3) is 7.86. The minimum absolute atomic E-state index is 0.0717. The van der Waals surface area contributed by atoms with Crippen LogP contribution in [-0.2, 0) is 16.0 Å². The fourth-order valence-electron chi connectivity index (χ4n) is 3.97. The van der Waals surface area contributed by atoms with E-state index in [4.69, 9.17) is 19.5 Å². The van der Waals surface area contributed by atoms with Gasteiger partial charge >= 0.3 is 6.09 Å². The second kappa shape index (κ2) is 11.9. The number of carbonyl (C=O) groups excluding carboxylic acids is 1. The molecule has 1 aliphatic rings. The summed E-state index contributed by atoms with van der Waals surface area (Å²) in [5.74, 6) is -0.190. The molecule has 3 rings (SSSR count). The van der Waals surface area contributed by atoms with Gasteiger partial charge < -0.3 is 24.0 Å². The van der Waals surface area contributed by atoms with Crippen LogP contribution in [0.2, 0.25) is 0 Å². The number of rotatable bonds is 8. The van der Waals surface area contributed by atoms with Crippen molar-refractivity contribution >= 4 is 11.8 Å². The monoisotopic (exact) mass is 483 g/mol. The van der Waals surface area contributed by atoms with Crippen LogP contribution in [-0.4, -0.2) is 56.0 Å². The number of hydrogen-bond donors (Lipinski definition) is 0. The molecular weight excluding hydrogens is 449 g/mol. The Hall–Kier alpha value is -3.31. The highest BCUT2D eigenvalue weighted by atomic mass is 19.1. The summed E-state index contributed by atoms with van der Waals surface area (Å²) in [5, 5.41) is 9.12. The molecule has 0 saturated carbocycles. The van der Waals surface area contributed by atoms with Crippen LogP contribution in [0.15, 0.2) is 42.5 Å². The summed E-state index contributed by atoms with van der Waals surface area (Å²) in [7, 11) is 1.44. The average Bonchev–Trinajstić information content (AvgIpc) is 2.83. The van der Waals surface area contributed by atoms with E-state index in [-0.39, 0.29) is 17.9 Å². The lowest BCUT2D eigenvalue weighted by molar-refractivity contribution is -0.0448. The smallest absolute Gasteiger partial charge is 0.410 e. The van der Waals surface area contributed by atoms with Gasteiger partial charge in [0.1, 0.15) is 5.60 Å². The molecule has 8 heteroatoms. The summed E-state index contributed by atoms with van der Waals surface area (Å²) in [5.41, 5.74) is 1.81. The molecule has 2 aromatic carbocycles. The predicted molar refractivity (Wildman–Crippen MR) is 132 cm³/mol. The van der Waals surface area contributed by atoms with Gasteiger partial charge in [-0.25, -0.2) is 9.18 Å². The molecule has 7 nitrogen and oxygen atoms in total. The number of nitriles is 1. The summed E-state index contributed by atoms with van der Waals surface area (Å²) >= 11 is 0. The molecule has 1 atom stereocenters. The Morgan fingerprint density at radius 1 is 1.26 bits per heavy atom. The highest BCUT2D eigenvalue weighted by Crippen LogP contribution is 2.23. The zero-order valence-electron chi connectivity index (χ0n) is 20.9. The van der Waals surface area contributed by atoms with Crippen LogP contribution in [0.25, 0.3) is 0 Å². The standard InChI is InChI=1S/C27H34FN3O4/c1-27(2,3)35-26(32)31-14-15-34-23(19-31)6-5-13-30(22-10-7-20(17-29)8-11-22)18-21-9-12-25(33-4)24(28)16-21/h7-12,16,23H,5-6,13-15,18-19H2,1-4H3. The molecule has 0 spiro atoms. The Labute approximate surface area is 207 Å². The molecule has 0 N–H and O–H groups in total. The van der Waals surface area contributed by atoms with Gasteiger partial charge in [-0.05, 0) is 75.6 Å². The zero-order valence-corrected chi connectivity index (χ0v) is 20.9. The van der Waals surface area contributed by atoms with E-state index in [1.807, 2.05) is 39.0 Å². The first-order valence-corrected chi connectivity index (χ1v) is 11.9. The van der Waals surface area contributed by atoms with Gasteiger partial charge in [0, 0.05) is 25.3 Å². The molecule has 0 radical (unpaired) electrons. The van der Waals surface area contributed by atoms with Crippen molar-refractivity contribution in [1.82, 2.24) is 4.90 Å².